The van der Waals surface area contributed by atoms with Crippen LogP contribution in [0.25, 0.3) is 15.9 Å². The molecule has 0 radical (unpaired) electrons. The minimum atomic E-state index is -3.95. The largest absolute Gasteiger partial charge is 0.497 e. The Morgan fingerprint density at radius 3 is 2.47 bits per heavy atom. The van der Waals surface area contributed by atoms with E-state index in [2.05, 4.69) is 16.8 Å². The van der Waals surface area contributed by atoms with Crippen molar-refractivity contribution in [3.05, 3.63) is 40.4 Å². The van der Waals surface area contributed by atoms with E-state index < -0.39 is 10.0 Å². The van der Waals surface area contributed by atoms with Crippen LogP contribution in [-0.2, 0) is 16.6 Å². The summed E-state index contributed by atoms with van der Waals surface area (Å²) in [5.41, 5.74) is 0.119. The number of benzene rings is 1. The van der Waals surface area contributed by atoms with Crippen LogP contribution in [0.15, 0.2) is 33.3 Å². The number of ether oxygens (including phenoxy) is 2. The van der Waals surface area contributed by atoms with E-state index in [1.165, 1.54) is 17.7 Å². The topological polar surface area (TPSA) is 120 Å². The summed E-state index contributed by atoms with van der Waals surface area (Å²) >= 11 is 0.899. The van der Waals surface area contributed by atoms with Crippen molar-refractivity contribution in [1.29, 1.82) is 0 Å². The maximum atomic E-state index is 13.6. The summed E-state index contributed by atoms with van der Waals surface area (Å²) < 4.78 is 35.9. The number of sulfonamides is 1. The first-order valence-electron chi connectivity index (χ1n) is 9.93. The van der Waals surface area contributed by atoms with Crippen LogP contribution < -0.4 is 20.2 Å². The van der Waals surface area contributed by atoms with E-state index in [0.717, 1.165) is 37.5 Å². The minimum absolute atomic E-state index is 0.0953. The van der Waals surface area contributed by atoms with Crippen LogP contribution in [0.4, 0.5) is 0 Å². The molecule has 0 amide bonds. The Morgan fingerprint density at radius 2 is 1.84 bits per heavy atom. The number of aromatic nitrogens is 2. The number of nitrogens with zero attached hydrogens (tertiary/aromatic N) is 4. The molecule has 0 saturated carbocycles. The smallest absolute Gasteiger partial charge is 0.267 e. The van der Waals surface area contributed by atoms with Gasteiger partial charge in [0, 0.05) is 32.2 Å². The fraction of sp³-hybridized carbons (Fsp3) is 0.400. The summed E-state index contributed by atoms with van der Waals surface area (Å²) in [4.78, 5) is 23.1. The number of primary sulfonamides is 1. The second-order valence-electron chi connectivity index (χ2n) is 7.62. The van der Waals surface area contributed by atoms with Gasteiger partial charge in [-0.05, 0) is 25.2 Å². The highest BCUT2D eigenvalue weighted by atomic mass is 32.2. The van der Waals surface area contributed by atoms with E-state index in [9.17, 15) is 13.2 Å². The van der Waals surface area contributed by atoms with Crippen LogP contribution in [0.1, 0.15) is 5.82 Å². The van der Waals surface area contributed by atoms with Gasteiger partial charge in [-0.15, -0.1) is 11.3 Å². The van der Waals surface area contributed by atoms with Crippen LogP contribution in [-0.4, -0.2) is 75.2 Å². The lowest BCUT2D eigenvalue weighted by molar-refractivity contribution is 0.144. The Hall–Kier alpha value is -2.51. The Morgan fingerprint density at radius 1 is 1.12 bits per heavy atom. The van der Waals surface area contributed by atoms with Crippen molar-refractivity contribution < 1.29 is 17.9 Å². The van der Waals surface area contributed by atoms with E-state index >= 15 is 0 Å². The maximum absolute atomic E-state index is 13.6. The normalized spacial score (nSPS) is 15.9. The number of hydrogen-bond donors (Lipinski definition) is 1. The number of hydrogen-bond acceptors (Lipinski definition) is 9. The zero-order valence-corrected chi connectivity index (χ0v) is 19.7. The predicted molar refractivity (Wildman–Crippen MR) is 122 cm³/mol. The molecular formula is C20H25N5O5S2. The lowest BCUT2D eigenvalue weighted by Gasteiger charge is -2.32. The van der Waals surface area contributed by atoms with Crippen molar-refractivity contribution in [3.8, 4) is 17.2 Å². The molecule has 2 aromatic heterocycles. The monoisotopic (exact) mass is 479 g/mol. The first-order valence-corrected chi connectivity index (χ1v) is 12.3. The molecule has 0 atom stereocenters. The van der Waals surface area contributed by atoms with Gasteiger partial charge in [0.25, 0.3) is 5.56 Å². The van der Waals surface area contributed by atoms with E-state index in [-0.39, 0.29) is 15.2 Å². The van der Waals surface area contributed by atoms with Crippen molar-refractivity contribution >= 4 is 31.6 Å². The second-order valence-corrected chi connectivity index (χ2v) is 10.4. The lowest BCUT2D eigenvalue weighted by Crippen LogP contribution is -2.44. The van der Waals surface area contributed by atoms with Gasteiger partial charge in [0.05, 0.1) is 31.8 Å². The predicted octanol–water partition coefficient (Wildman–Crippen LogP) is 0.859. The standard InChI is InChI=1S/C20H25N5O5S2/c1-23-6-8-24(9-7-23)12-17-22-19-14(11-18(31-19)32(21,27)28)20(26)25(17)15-5-4-13(29-2)10-16(15)30-3/h4-5,10-11H,6-9,12H2,1-3H3,(H2,21,27,28). The first-order chi connectivity index (χ1) is 15.2. The molecule has 12 heteroatoms. The molecule has 2 N–H and O–H groups in total. The molecule has 3 heterocycles. The summed E-state index contributed by atoms with van der Waals surface area (Å²) in [6, 6.07) is 6.44. The van der Waals surface area contributed by atoms with Crippen molar-refractivity contribution in [1.82, 2.24) is 19.4 Å². The minimum Gasteiger partial charge on any atom is -0.497 e. The van der Waals surface area contributed by atoms with Crippen molar-refractivity contribution in [3.63, 3.8) is 0 Å². The molecule has 1 aliphatic heterocycles. The molecule has 1 aromatic carbocycles. The van der Waals surface area contributed by atoms with E-state index in [1.54, 1.807) is 25.3 Å². The van der Waals surface area contributed by atoms with Crippen molar-refractivity contribution in [2.75, 3.05) is 47.4 Å². The molecule has 0 spiro atoms. The quantitative estimate of drug-likeness (QED) is 0.553. The molecule has 1 saturated heterocycles. The molecule has 32 heavy (non-hydrogen) atoms. The van der Waals surface area contributed by atoms with Gasteiger partial charge in [-0.25, -0.2) is 18.5 Å². The molecule has 4 rings (SSSR count). The molecule has 10 nitrogen and oxygen atoms in total. The highest BCUT2D eigenvalue weighted by molar-refractivity contribution is 7.91. The Balaban J connectivity index is 1.92. The molecule has 1 fully saturated rings. The summed E-state index contributed by atoms with van der Waals surface area (Å²) in [6.45, 7) is 3.91. The average molecular weight is 480 g/mol. The summed E-state index contributed by atoms with van der Waals surface area (Å²) in [5, 5.41) is 5.49. The van der Waals surface area contributed by atoms with Gasteiger partial charge < -0.3 is 14.4 Å². The summed E-state index contributed by atoms with van der Waals surface area (Å²) in [6.07, 6.45) is 0. The maximum Gasteiger partial charge on any atom is 0.267 e. The Labute approximate surface area is 189 Å². The van der Waals surface area contributed by atoms with Gasteiger partial charge in [0.15, 0.2) is 0 Å². The van der Waals surface area contributed by atoms with Crippen molar-refractivity contribution in [2.24, 2.45) is 5.14 Å². The fourth-order valence-corrected chi connectivity index (χ4v) is 5.43. The Kier molecular flexibility index (Phi) is 6.23. The highest BCUT2D eigenvalue weighted by Crippen LogP contribution is 2.30. The SMILES string of the molecule is COc1ccc(-n2c(CN3CCN(C)CC3)nc3sc(S(N)(=O)=O)cc3c2=O)c(OC)c1. The van der Waals surface area contributed by atoms with Crippen LogP contribution in [0.3, 0.4) is 0 Å². The van der Waals surface area contributed by atoms with Crippen LogP contribution in [0.5, 0.6) is 11.5 Å². The van der Waals surface area contributed by atoms with Gasteiger partial charge in [0.2, 0.25) is 10.0 Å². The van der Waals surface area contributed by atoms with Gasteiger partial charge in [-0.3, -0.25) is 14.3 Å². The third kappa shape index (κ3) is 4.36. The van der Waals surface area contributed by atoms with E-state index in [1.807, 2.05) is 0 Å². The lowest BCUT2D eigenvalue weighted by atomic mass is 10.2. The number of likely N-dealkylation sites (N-methyl/N-ethyl adjacent to an activating group) is 1. The summed E-state index contributed by atoms with van der Waals surface area (Å²) in [7, 11) is 1.18. The van der Waals surface area contributed by atoms with Crippen LogP contribution >= 0.6 is 11.3 Å². The third-order valence-corrected chi connectivity index (χ3v) is 7.93. The molecular weight excluding hydrogens is 454 g/mol. The molecule has 0 bridgehead atoms. The number of rotatable bonds is 6. The van der Waals surface area contributed by atoms with E-state index in [0.29, 0.717) is 34.4 Å². The number of piperazine rings is 1. The molecule has 3 aromatic rings. The summed E-state index contributed by atoms with van der Waals surface area (Å²) in [5.74, 6) is 1.52. The average Bonchev–Trinajstić information content (AvgIpc) is 3.20. The zero-order chi connectivity index (χ0) is 23.0. The molecule has 0 unspecified atom stereocenters. The molecule has 0 aliphatic carbocycles. The molecule has 1 aliphatic rings. The third-order valence-electron chi connectivity index (χ3n) is 5.48. The fourth-order valence-electron chi connectivity index (χ4n) is 3.67. The van der Waals surface area contributed by atoms with E-state index in [4.69, 9.17) is 19.6 Å². The zero-order valence-electron chi connectivity index (χ0n) is 18.1. The van der Waals surface area contributed by atoms with Crippen molar-refractivity contribution in [2.45, 2.75) is 10.8 Å². The number of fused-ring (bicyclic) bond motifs is 1. The van der Waals surface area contributed by atoms with Gasteiger partial charge >= 0.3 is 0 Å². The van der Waals surface area contributed by atoms with Crippen LogP contribution in [0, 0.1) is 0 Å². The van der Waals surface area contributed by atoms with Gasteiger partial charge in [-0.1, -0.05) is 0 Å². The number of thiophene rings is 1. The Bertz CT molecular complexity index is 1310. The number of nitrogens with two attached hydrogens (primary N) is 1. The first kappa shape index (κ1) is 22.7. The van der Waals surface area contributed by atoms with Gasteiger partial charge in [-0.2, -0.15) is 0 Å². The van der Waals surface area contributed by atoms with Gasteiger partial charge in [0.1, 0.15) is 26.4 Å². The second kappa shape index (κ2) is 8.79. The van der Waals surface area contributed by atoms with Crippen LogP contribution in [0.2, 0.25) is 0 Å². The number of methoxy groups -OCH3 is 2. The molecule has 172 valence electrons. The highest BCUT2D eigenvalue weighted by Gasteiger charge is 2.23.